The molecule has 8 heteroatoms. The molecule has 4 nitrogen and oxygen atoms in total. The molecule has 0 amide bonds. The minimum absolute atomic E-state index is 0.152. The molecule has 0 spiro atoms. The molecule has 0 aliphatic carbocycles. The van der Waals surface area contributed by atoms with Crippen LogP contribution >= 0.6 is 0 Å². The molecule has 25 heavy (non-hydrogen) atoms. The van der Waals surface area contributed by atoms with Gasteiger partial charge in [0.15, 0.2) is 29.0 Å². The van der Waals surface area contributed by atoms with Crippen molar-refractivity contribution in [2.75, 3.05) is 0 Å². The van der Waals surface area contributed by atoms with Crippen LogP contribution in [0.1, 0.15) is 0 Å². The summed E-state index contributed by atoms with van der Waals surface area (Å²) in [7, 11) is 0. The predicted octanol–water partition coefficient (Wildman–Crippen LogP) is 4.88. The van der Waals surface area contributed by atoms with Crippen LogP contribution in [0.2, 0.25) is 0 Å². The van der Waals surface area contributed by atoms with Crippen molar-refractivity contribution in [1.29, 1.82) is 0 Å². The van der Waals surface area contributed by atoms with Gasteiger partial charge in [-0.25, -0.2) is 22.5 Å². The number of benzene rings is 2. The third kappa shape index (κ3) is 2.93. The molecule has 1 aromatic heterocycles. The average Bonchev–Trinajstić information content (AvgIpc) is 2.59. The van der Waals surface area contributed by atoms with E-state index in [9.17, 15) is 27.7 Å². The van der Waals surface area contributed by atoms with Crippen LogP contribution in [0.15, 0.2) is 48.5 Å². The maximum absolute atomic E-state index is 14.0. The SMILES string of the molecule is O=[N+]([O-])c1ccc(-c2cccc(F)c2F)nc1-c1cccc(F)c1F. The Morgan fingerprint density at radius 1 is 0.800 bits per heavy atom. The van der Waals surface area contributed by atoms with Crippen LogP contribution in [-0.2, 0) is 0 Å². The Labute approximate surface area is 138 Å². The maximum Gasteiger partial charge on any atom is 0.295 e. The molecule has 0 saturated carbocycles. The van der Waals surface area contributed by atoms with Gasteiger partial charge in [-0.1, -0.05) is 12.1 Å². The zero-order chi connectivity index (χ0) is 18.1. The topological polar surface area (TPSA) is 56.0 Å². The van der Waals surface area contributed by atoms with Gasteiger partial charge in [-0.05, 0) is 30.3 Å². The fourth-order valence-electron chi connectivity index (χ4n) is 2.34. The van der Waals surface area contributed by atoms with Crippen molar-refractivity contribution in [2.45, 2.75) is 0 Å². The summed E-state index contributed by atoms with van der Waals surface area (Å²) in [5.74, 6) is -4.86. The first-order chi connectivity index (χ1) is 11.9. The third-order valence-corrected chi connectivity index (χ3v) is 3.50. The minimum Gasteiger partial charge on any atom is -0.258 e. The van der Waals surface area contributed by atoms with E-state index in [1.54, 1.807) is 0 Å². The fourth-order valence-corrected chi connectivity index (χ4v) is 2.34. The number of aromatic nitrogens is 1. The third-order valence-electron chi connectivity index (χ3n) is 3.50. The Balaban J connectivity index is 2.28. The lowest BCUT2D eigenvalue weighted by Gasteiger charge is -2.08. The van der Waals surface area contributed by atoms with Crippen molar-refractivity contribution in [3.05, 3.63) is 81.9 Å². The molecule has 0 N–H and O–H groups in total. The van der Waals surface area contributed by atoms with Crippen LogP contribution in [0.3, 0.4) is 0 Å². The quantitative estimate of drug-likeness (QED) is 0.385. The highest BCUT2D eigenvalue weighted by atomic mass is 19.2. The van der Waals surface area contributed by atoms with Gasteiger partial charge in [-0.2, -0.15) is 0 Å². The van der Waals surface area contributed by atoms with Gasteiger partial charge in [0.2, 0.25) is 0 Å². The highest BCUT2D eigenvalue weighted by molar-refractivity contribution is 5.74. The van der Waals surface area contributed by atoms with E-state index in [0.717, 1.165) is 36.4 Å². The summed E-state index contributed by atoms with van der Waals surface area (Å²) in [6.45, 7) is 0. The molecule has 3 rings (SSSR count). The van der Waals surface area contributed by atoms with Crippen molar-refractivity contribution >= 4 is 5.69 Å². The molecular weight excluding hydrogens is 340 g/mol. The minimum atomic E-state index is -1.32. The predicted molar refractivity (Wildman–Crippen MR) is 81.6 cm³/mol. The van der Waals surface area contributed by atoms with Crippen LogP contribution in [0.4, 0.5) is 23.2 Å². The van der Waals surface area contributed by atoms with Gasteiger partial charge in [0.1, 0.15) is 0 Å². The average molecular weight is 348 g/mol. The molecule has 2 aromatic carbocycles. The lowest BCUT2D eigenvalue weighted by Crippen LogP contribution is -2.00. The van der Waals surface area contributed by atoms with Crippen LogP contribution in [-0.4, -0.2) is 9.91 Å². The highest BCUT2D eigenvalue weighted by Crippen LogP contribution is 2.34. The Kier molecular flexibility index (Phi) is 4.18. The van der Waals surface area contributed by atoms with E-state index < -0.39 is 45.1 Å². The first kappa shape index (κ1) is 16.6. The first-order valence-electron chi connectivity index (χ1n) is 6.94. The Bertz CT molecular complexity index is 992. The molecule has 1 heterocycles. The van der Waals surface area contributed by atoms with E-state index in [2.05, 4.69) is 4.98 Å². The van der Waals surface area contributed by atoms with Gasteiger partial charge in [0, 0.05) is 17.2 Å². The van der Waals surface area contributed by atoms with E-state index in [-0.39, 0.29) is 11.3 Å². The standard InChI is InChI=1S/C17H8F4N2O2/c18-11-5-1-3-9(15(11)20)13-7-8-14(23(24)25)17(22-13)10-4-2-6-12(19)16(10)21/h1-8H. The summed E-state index contributed by atoms with van der Waals surface area (Å²) in [6, 6.07) is 8.56. The van der Waals surface area contributed by atoms with Crippen LogP contribution < -0.4 is 0 Å². The molecule has 0 bridgehead atoms. The van der Waals surface area contributed by atoms with Gasteiger partial charge in [-0.3, -0.25) is 10.1 Å². The van der Waals surface area contributed by atoms with Crippen molar-refractivity contribution in [3.63, 3.8) is 0 Å². The maximum atomic E-state index is 14.0. The summed E-state index contributed by atoms with van der Waals surface area (Å²) >= 11 is 0. The van der Waals surface area contributed by atoms with Gasteiger partial charge in [0.25, 0.3) is 5.69 Å². The van der Waals surface area contributed by atoms with Crippen molar-refractivity contribution in [3.8, 4) is 22.5 Å². The Morgan fingerprint density at radius 3 is 1.96 bits per heavy atom. The van der Waals surface area contributed by atoms with Gasteiger partial charge in [0.05, 0.1) is 10.6 Å². The second-order valence-corrected chi connectivity index (χ2v) is 5.02. The smallest absolute Gasteiger partial charge is 0.258 e. The van der Waals surface area contributed by atoms with Crippen LogP contribution in [0, 0.1) is 33.4 Å². The summed E-state index contributed by atoms with van der Waals surface area (Å²) in [5.41, 5.74) is -1.94. The van der Waals surface area contributed by atoms with E-state index in [1.807, 2.05) is 0 Å². The van der Waals surface area contributed by atoms with Crippen LogP contribution in [0.25, 0.3) is 22.5 Å². The Hall–Kier alpha value is -3.29. The number of hydrogen-bond acceptors (Lipinski definition) is 3. The summed E-state index contributed by atoms with van der Waals surface area (Å²) < 4.78 is 54.8. The second kappa shape index (κ2) is 6.31. The molecule has 0 saturated heterocycles. The van der Waals surface area contributed by atoms with E-state index >= 15 is 0 Å². The monoisotopic (exact) mass is 348 g/mol. The van der Waals surface area contributed by atoms with E-state index in [4.69, 9.17) is 0 Å². The zero-order valence-corrected chi connectivity index (χ0v) is 12.3. The molecule has 0 unspecified atom stereocenters. The zero-order valence-electron chi connectivity index (χ0n) is 12.3. The molecule has 0 aliphatic heterocycles. The highest BCUT2D eigenvalue weighted by Gasteiger charge is 2.23. The van der Waals surface area contributed by atoms with Gasteiger partial charge < -0.3 is 0 Å². The summed E-state index contributed by atoms with van der Waals surface area (Å²) in [4.78, 5) is 14.2. The number of hydrogen-bond donors (Lipinski definition) is 0. The number of halogens is 4. The number of nitrogens with zero attached hydrogens (tertiary/aromatic N) is 2. The van der Waals surface area contributed by atoms with Crippen LogP contribution in [0.5, 0.6) is 0 Å². The lowest BCUT2D eigenvalue weighted by molar-refractivity contribution is -0.384. The number of nitro groups is 1. The first-order valence-corrected chi connectivity index (χ1v) is 6.94. The Morgan fingerprint density at radius 2 is 1.36 bits per heavy atom. The molecule has 3 aromatic rings. The normalized spacial score (nSPS) is 10.7. The molecule has 0 atom stereocenters. The van der Waals surface area contributed by atoms with E-state index in [0.29, 0.717) is 0 Å². The lowest BCUT2D eigenvalue weighted by atomic mass is 10.1. The molecular formula is C17H8F4N2O2. The summed E-state index contributed by atoms with van der Waals surface area (Å²) in [5, 5.41) is 11.2. The molecule has 0 aliphatic rings. The fraction of sp³-hybridized carbons (Fsp3) is 0. The van der Waals surface area contributed by atoms with Crippen molar-refractivity contribution < 1.29 is 22.5 Å². The van der Waals surface area contributed by atoms with E-state index in [1.165, 1.54) is 12.1 Å². The largest absolute Gasteiger partial charge is 0.295 e. The number of pyridine rings is 1. The van der Waals surface area contributed by atoms with Crippen molar-refractivity contribution in [2.24, 2.45) is 0 Å². The van der Waals surface area contributed by atoms with Gasteiger partial charge >= 0.3 is 0 Å². The van der Waals surface area contributed by atoms with Crippen molar-refractivity contribution in [1.82, 2.24) is 4.98 Å². The summed E-state index contributed by atoms with van der Waals surface area (Å²) in [6.07, 6.45) is 0. The van der Waals surface area contributed by atoms with Gasteiger partial charge in [-0.15, -0.1) is 0 Å². The number of rotatable bonds is 3. The molecule has 0 radical (unpaired) electrons. The molecule has 126 valence electrons. The second-order valence-electron chi connectivity index (χ2n) is 5.02. The molecule has 0 fully saturated rings.